The summed E-state index contributed by atoms with van der Waals surface area (Å²) >= 11 is 4.15. The van der Waals surface area contributed by atoms with Crippen molar-refractivity contribution in [3.05, 3.63) is 24.0 Å². The fourth-order valence-electron chi connectivity index (χ4n) is 3.27. The zero-order chi connectivity index (χ0) is 13.7. The summed E-state index contributed by atoms with van der Waals surface area (Å²) in [5, 5.41) is 7.96. The molecular weight excluding hydrogens is 274 g/mol. The van der Waals surface area contributed by atoms with Gasteiger partial charge < -0.3 is 15.1 Å². The highest BCUT2D eigenvalue weighted by atomic mass is 32.1. The first-order chi connectivity index (χ1) is 9.69. The fourth-order valence-corrected chi connectivity index (χ4v) is 3.51. The third-order valence-corrected chi connectivity index (χ3v) is 4.46. The number of thiol groups is 1. The monoisotopic (exact) mass is 289 g/mol. The molecule has 20 heavy (non-hydrogen) atoms. The fraction of sp³-hybridized carbons (Fsp3) is 0.429. The average molecular weight is 289 g/mol. The molecule has 0 radical (unpaired) electrons. The molecule has 0 saturated carbocycles. The lowest BCUT2D eigenvalue weighted by Gasteiger charge is -2.21. The number of pyridine rings is 1. The van der Waals surface area contributed by atoms with Crippen LogP contribution in [0.5, 0.6) is 0 Å². The number of carbonyl (C=O) groups is 1. The zero-order valence-electron chi connectivity index (χ0n) is 10.8. The van der Waals surface area contributed by atoms with Gasteiger partial charge in [0.05, 0.1) is 0 Å². The Hall–Kier alpha value is -1.53. The molecule has 2 saturated heterocycles. The summed E-state index contributed by atoms with van der Waals surface area (Å²) in [5.74, 6) is -0.136. The molecule has 2 bridgehead atoms. The van der Waals surface area contributed by atoms with Crippen LogP contribution in [0, 0.1) is 0 Å². The quantitative estimate of drug-likeness (QED) is 0.737. The minimum atomic E-state index is -0.136. The van der Waals surface area contributed by atoms with Gasteiger partial charge in [-0.2, -0.15) is 0 Å². The van der Waals surface area contributed by atoms with Crippen LogP contribution in [0.4, 0.5) is 0 Å². The van der Waals surface area contributed by atoms with Crippen LogP contribution >= 0.6 is 12.6 Å². The highest BCUT2D eigenvalue weighted by molar-refractivity contribution is 7.80. The van der Waals surface area contributed by atoms with E-state index in [9.17, 15) is 4.79 Å². The van der Waals surface area contributed by atoms with Gasteiger partial charge in [0, 0.05) is 35.8 Å². The summed E-state index contributed by atoms with van der Waals surface area (Å²) in [6, 6.07) is 4.66. The smallest absolute Gasteiger partial charge is 0.270 e. The van der Waals surface area contributed by atoms with Gasteiger partial charge in [-0.3, -0.25) is 9.78 Å². The Morgan fingerprint density at radius 1 is 1.45 bits per heavy atom. The zero-order valence-corrected chi connectivity index (χ0v) is 11.7. The van der Waals surface area contributed by atoms with Crippen LogP contribution in [-0.2, 0) is 0 Å². The molecular formula is C14H15N3O2S. The predicted molar refractivity (Wildman–Crippen MR) is 77.1 cm³/mol. The first-order valence-electron chi connectivity index (χ1n) is 6.84. The van der Waals surface area contributed by atoms with Crippen molar-refractivity contribution in [3.63, 3.8) is 0 Å². The summed E-state index contributed by atoms with van der Waals surface area (Å²) in [5.41, 5.74) is 1.03. The number of fused-ring (bicyclic) bond motifs is 3. The van der Waals surface area contributed by atoms with Gasteiger partial charge in [-0.05, 0) is 25.3 Å². The predicted octanol–water partition coefficient (Wildman–Crippen LogP) is 1.74. The van der Waals surface area contributed by atoms with Gasteiger partial charge >= 0.3 is 0 Å². The Balaban J connectivity index is 1.54. The highest BCUT2D eigenvalue weighted by Crippen LogP contribution is 2.28. The minimum absolute atomic E-state index is 0.136. The van der Waals surface area contributed by atoms with E-state index in [4.69, 9.17) is 4.42 Å². The van der Waals surface area contributed by atoms with E-state index in [1.165, 1.54) is 6.42 Å². The van der Waals surface area contributed by atoms with E-state index in [0.717, 1.165) is 18.2 Å². The Labute approximate surface area is 121 Å². The Kier molecular flexibility index (Phi) is 2.75. The molecule has 3 atom stereocenters. The maximum absolute atomic E-state index is 12.3. The number of aromatic nitrogens is 1. The van der Waals surface area contributed by atoms with E-state index in [2.05, 4.69) is 28.2 Å². The lowest BCUT2D eigenvalue weighted by atomic mass is 9.95. The molecule has 0 aliphatic carbocycles. The molecule has 5 nitrogen and oxygen atoms in total. The van der Waals surface area contributed by atoms with Crippen LogP contribution in [0.15, 0.2) is 27.8 Å². The second kappa shape index (κ2) is 4.49. The van der Waals surface area contributed by atoms with Crippen molar-refractivity contribution < 1.29 is 9.21 Å². The number of nitrogens with one attached hydrogen (secondary N) is 2. The van der Waals surface area contributed by atoms with Crippen molar-refractivity contribution in [1.82, 2.24) is 15.6 Å². The van der Waals surface area contributed by atoms with Gasteiger partial charge in [-0.15, -0.1) is 12.6 Å². The maximum atomic E-state index is 12.3. The van der Waals surface area contributed by atoms with Gasteiger partial charge in [0.25, 0.3) is 5.91 Å². The molecule has 2 fully saturated rings. The minimum Gasteiger partial charge on any atom is -0.450 e. The third-order valence-electron chi connectivity index (χ3n) is 4.24. The molecule has 4 heterocycles. The van der Waals surface area contributed by atoms with Gasteiger partial charge in [0.1, 0.15) is 11.3 Å². The van der Waals surface area contributed by atoms with E-state index in [-0.39, 0.29) is 11.9 Å². The van der Waals surface area contributed by atoms with Crippen LogP contribution in [0.2, 0.25) is 0 Å². The molecule has 4 rings (SSSR count). The SMILES string of the molecule is O=C(N[C@@H]1C[C@H]2CC[C@@H]1N2)c1cc2oc(S)cc2cn1. The van der Waals surface area contributed by atoms with Gasteiger partial charge in [0.2, 0.25) is 0 Å². The van der Waals surface area contributed by atoms with E-state index in [1.54, 1.807) is 18.3 Å². The van der Waals surface area contributed by atoms with Crippen molar-refractivity contribution in [2.24, 2.45) is 0 Å². The number of rotatable bonds is 2. The van der Waals surface area contributed by atoms with Gasteiger partial charge in [-0.25, -0.2) is 0 Å². The molecule has 6 heteroatoms. The van der Waals surface area contributed by atoms with Crippen molar-refractivity contribution in [2.45, 2.75) is 42.5 Å². The lowest BCUT2D eigenvalue weighted by molar-refractivity contribution is 0.0926. The van der Waals surface area contributed by atoms with Crippen molar-refractivity contribution in [2.75, 3.05) is 0 Å². The number of carbonyl (C=O) groups excluding carboxylic acids is 1. The van der Waals surface area contributed by atoms with Crippen LogP contribution in [0.1, 0.15) is 29.8 Å². The molecule has 0 aromatic carbocycles. The third kappa shape index (κ3) is 1.99. The normalized spacial score (nSPS) is 28.1. The molecule has 104 valence electrons. The molecule has 2 N–H and O–H groups in total. The summed E-state index contributed by atoms with van der Waals surface area (Å²) < 4.78 is 5.41. The van der Waals surface area contributed by atoms with Gasteiger partial charge in [0.15, 0.2) is 5.09 Å². The number of amides is 1. The molecule has 2 aliphatic heterocycles. The van der Waals surface area contributed by atoms with Crippen molar-refractivity contribution in [1.29, 1.82) is 0 Å². The Bertz CT molecular complexity index is 684. The van der Waals surface area contributed by atoms with Crippen LogP contribution in [0.25, 0.3) is 11.0 Å². The largest absolute Gasteiger partial charge is 0.450 e. The number of furan rings is 1. The second-order valence-electron chi connectivity index (χ2n) is 5.56. The molecule has 2 aliphatic rings. The Morgan fingerprint density at radius 3 is 3.10 bits per heavy atom. The molecule has 2 aromatic heterocycles. The summed E-state index contributed by atoms with van der Waals surface area (Å²) in [6.07, 6.45) is 5.02. The molecule has 1 amide bonds. The molecule has 2 aromatic rings. The maximum Gasteiger partial charge on any atom is 0.270 e. The van der Waals surface area contributed by atoms with E-state index < -0.39 is 0 Å². The van der Waals surface area contributed by atoms with Crippen LogP contribution < -0.4 is 10.6 Å². The first kappa shape index (κ1) is 12.2. The van der Waals surface area contributed by atoms with E-state index in [0.29, 0.717) is 28.5 Å². The standard InChI is InChI=1S/C14H15N3O2S/c18-14(17-10-4-8-1-2-9(10)16-8)11-5-12-7(6-15-11)3-13(20)19-12/h3,5-6,8-10,16,20H,1-2,4H2,(H,17,18)/t8-,9+,10-/m1/s1. The summed E-state index contributed by atoms with van der Waals surface area (Å²) in [6.45, 7) is 0. The Morgan fingerprint density at radius 2 is 2.35 bits per heavy atom. The van der Waals surface area contributed by atoms with E-state index in [1.807, 2.05) is 0 Å². The lowest BCUT2D eigenvalue weighted by Crippen LogP contribution is -2.43. The van der Waals surface area contributed by atoms with Gasteiger partial charge in [-0.1, -0.05) is 0 Å². The topological polar surface area (TPSA) is 67.2 Å². The van der Waals surface area contributed by atoms with Crippen molar-refractivity contribution >= 4 is 29.5 Å². The summed E-state index contributed by atoms with van der Waals surface area (Å²) in [4.78, 5) is 16.5. The molecule has 0 spiro atoms. The first-order valence-corrected chi connectivity index (χ1v) is 7.29. The summed E-state index contributed by atoms with van der Waals surface area (Å²) in [7, 11) is 0. The number of hydrogen-bond donors (Lipinski definition) is 3. The second-order valence-corrected chi connectivity index (χ2v) is 6.00. The van der Waals surface area contributed by atoms with Crippen LogP contribution in [-0.4, -0.2) is 29.0 Å². The highest BCUT2D eigenvalue weighted by Gasteiger charge is 2.39. The molecule has 0 unspecified atom stereocenters. The average Bonchev–Trinajstić information content (AvgIpc) is 3.10. The number of hydrogen-bond acceptors (Lipinski definition) is 5. The van der Waals surface area contributed by atoms with Crippen molar-refractivity contribution in [3.8, 4) is 0 Å². The van der Waals surface area contributed by atoms with Crippen LogP contribution in [0.3, 0.4) is 0 Å². The van der Waals surface area contributed by atoms with E-state index >= 15 is 0 Å². The number of nitrogens with zero attached hydrogens (tertiary/aromatic N) is 1.